The minimum absolute atomic E-state index is 0.00341. The second kappa shape index (κ2) is 9.22. The summed E-state index contributed by atoms with van der Waals surface area (Å²) < 4.78 is 18.5. The number of hydrogen-bond acceptors (Lipinski definition) is 5. The number of thiazole rings is 1. The number of carbonyl (C=O) groups is 2. The molecule has 0 unspecified atom stereocenters. The van der Waals surface area contributed by atoms with Gasteiger partial charge in [-0.05, 0) is 49.9 Å². The summed E-state index contributed by atoms with van der Waals surface area (Å²) >= 11 is 1.35. The van der Waals surface area contributed by atoms with Gasteiger partial charge in [-0.1, -0.05) is 0 Å². The Morgan fingerprint density at radius 3 is 2.43 bits per heavy atom. The maximum absolute atomic E-state index is 13.2. The summed E-state index contributed by atoms with van der Waals surface area (Å²) in [5.74, 6) is 0.224. The van der Waals surface area contributed by atoms with Crippen molar-refractivity contribution in [2.24, 2.45) is 5.92 Å². The van der Waals surface area contributed by atoms with Gasteiger partial charge in [0.1, 0.15) is 15.7 Å². The highest BCUT2D eigenvalue weighted by molar-refractivity contribution is 7.17. The van der Waals surface area contributed by atoms with E-state index in [4.69, 9.17) is 4.74 Å². The van der Waals surface area contributed by atoms with Gasteiger partial charge in [-0.3, -0.25) is 9.59 Å². The molecule has 2 aromatic rings. The Hall–Kier alpha value is -2.32. The number of aryl methyl sites for hydroxylation is 1. The lowest BCUT2D eigenvalue weighted by molar-refractivity contribution is -0.136. The summed E-state index contributed by atoms with van der Waals surface area (Å²) in [5, 5.41) is 0.724. The molecular weight excluding hydrogens is 405 g/mol. The van der Waals surface area contributed by atoms with Crippen LogP contribution in [0, 0.1) is 18.7 Å². The lowest BCUT2D eigenvalue weighted by Gasteiger charge is -2.33. The van der Waals surface area contributed by atoms with E-state index in [1.807, 2.05) is 16.7 Å². The summed E-state index contributed by atoms with van der Waals surface area (Å²) in [6, 6.07) is 6.16. The normalized spacial score (nSPS) is 17.9. The van der Waals surface area contributed by atoms with Crippen molar-refractivity contribution in [2.75, 3.05) is 39.4 Å². The summed E-state index contributed by atoms with van der Waals surface area (Å²) in [6.45, 7) is 5.74. The van der Waals surface area contributed by atoms with Crippen LogP contribution in [0.25, 0.3) is 10.6 Å². The summed E-state index contributed by atoms with van der Waals surface area (Å²) in [6.07, 6.45) is 2.23. The molecule has 6 nitrogen and oxygen atoms in total. The molecule has 0 radical (unpaired) electrons. The first-order chi connectivity index (χ1) is 14.5. The van der Waals surface area contributed by atoms with Gasteiger partial charge in [0.05, 0.1) is 18.9 Å². The Balaban J connectivity index is 1.34. The van der Waals surface area contributed by atoms with Crippen LogP contribution in [0.2, 0.25) is 0 Å². The van der Waals surface area contributed by atoms with Crippen LogP contribution in [0.3, 0.4) is 0 Å². The molecule has 4 rings (SSSR count). The molecule has 2 amide bonds. The van der Waals surface area contributed by atoms with Crippen LogP contribution in [-0.2, 0) is 9.53 Å². The van der Waals surface area contributed by atoms with Gasteiger partial charge in [-0.25, -0.2) is 9.37 Å². The number of likely N-dealkylation sites (tertiary alicyclic amines) is 1. The van der Waals surface area contributed by atoms with Crippen molar-refractivity contribution >= 4 is 23.2 Å². The minimum atomic E-state index is -0.293. The molecule has 0 N–H and O–H groups in total. The van der Waals surface area contributed by atoms with E-state index < -0.39 is 0 Å². The average Bonchev–Trinajstić information content (AvgIpc) is 3.16. The largest absolute Gasteiger partial charge is 0.378 e. The number of halogens is 1. The number of rotatable bonds is 4. The number of amides is 2. The Morgan fingerprint density at radius 2 is 1.77 bits per heavy atom. The Bertz CT molecular complexity index is 901. The van der Waals surface area contributed by atoms with Crippen LogP contribution >= 0.6 is 11.3 Å². The Labute approximate surface area is 179 Å². The van der Waals surface area contributed by atoms with Gasteiger partial charge in [0.15, 0.2) is 0 Å². The molecular formula is C22H26FN3O3S. The first-order valence-corrected chi connectivity index (χ1v) is 11.2. The topological polar surface area (TPSA) is 62.7 Å². The van der Waals surface area contributed by atoms with Crippen LogP contribution in [0.1, 0.15) is 34.6 Å². The van der Waals surface area contributed by atoms with E-state index >= 15 is 0 Å². The van der Waals surface area contributed by atoms with Gasteiger partial charge >= 0.3 is 0 Å². The van der Waals surface area contributed by atoms with Gasteiger partial charge in [0, 0.05) is 38.2 Å². The van der Waals surface area contributed by atoms with Gasteiger partial charge in [-0.2, -0.15) is 0 Å². The molecule has 0 bridgehead atoms. The number of piperidine rings is 1. The highest BCUT2D eigenvalue weighted by Gasteiger charge is 2.29. The standard InChI is InChI=1S/C22H26FN3O3S/c1-15-20(30-21(24-15)17-2-4-18(23)5-3-17)22(28)26-8-6-16(7-9-26)14-19(27)25-10-12-29-13-11-25/h2-5,16H,6-14H2,1H3. The number of nitrogens with zero attached hydrogens (tertiary/aromatic N) is 3. The smallest absolute Gasteiger partial charge is 0.265 e. The molecule has 0 aliphatic carbocycles. The molecule has 0 saturated carbocycles. The van der Waals surface area contributed by atoms with Crippen LogP contribution < -0.4 is 0 Å². The number of benzene rings is 1. The van der Waals surface area contributed by atoms with Crippen molar-refractivity contribution in [1.82, 2.24) is 14.8 Å². The summed E-state index contributed by atoms with van der Waals surface area (Å²) in [7, 11) is 0. The zero-order valence-corrected chi connectivity index (χ0v) is 17.9. The maximum atomic E-state index is 13.2. The van der Waals surface area contributed by atoms with Crippen LogP contribution in [0.15, 0.2) is 24.3 Å². The van der Waals surface area contributed by atoms with Crippen LogP contribution in [0.5, 0.6) is 0 Å². The minimum Gasteiger partial charge on any atom is -0.378 e. The highest BCUT2D eigenvalue weighted by Crippen LogP contribution is 2.30. The fourth-order valence-corrected chi connectivity index (χ4v) is 5.02. The first-order valence-electron chi connectivity index (χ1n) is 10.4. The molecule has 2 aliphatic heterocycles. The van der Waals surface area contributed by atoms with Crippen molar-refractivity contribution in [2.45, 2.75) is 26.2 Å². The highest BCUT2D eigenvalue weighted by atomic mass is 32.1. The number of morpholine rings is 1. The van der Waals surface area contributed by atoms with E-state index in [1.54, 1.807) is 12.1 Å². The van der Waals surface area contributed by atoms with Gasteiger partial charge in [-0.15, -0.1) is 11.3 Å². The lowest BCUT2D eigenvalue weighted by atomic mass is 9.92. The molecule has 30 heavy (non-hydrogen) atoms. The molecule has 1 aromatic carbocycles. The first kappa shape index (κ1) is 20.9. The number of hydrogen-bond donors (Lipinski definition) is 0. The number of carbonyl (C=O) groups excluding carboxylic acids is 2. The zero-order valence-electron chi connectivity index (χ0n) is 17.1. The average molecular weight is 432 g/mol. The van der Waals surface area contributed by atoms with E-state index in [0.29, 0.717) is 62.3 Å². The van der Waals surface area contributed by atoms with Crippen molar-refractivity contribution < 1.29 is 18.7 Å². The second-order valence-electron chi connectivity index (χ2n) is 7.87. The number of ether oxygens (including phenoxy) is 1. The second-order valence-corrected chi connectivity index (χ2v) is 8.87. The predicted molar refractivity (Wildman–Crippen MR) is 113 cm³/mol. The molecule has 8 heteroatoms. The summed E-state index contributed by atoms with van der Waals surface area (Å²) in [5.41, 5.74) is 1.51. The Morgan fingerprint density at radius 1 is 1.10 bits per heavy atom. The molecule has 0 atom stereocenters. The van der Waals surface area contributed by atoms with Gasteiger partial charge < -0.3 is 14.5 Å². The van der Waals surface area contributed by atoms with Crippen molar-refractivity contribution in [3.63, 3.8) is 0 Å². The van der Waals surface area contributed by atoms with Crippen LogP contribution in [0.4, 0.5) is 4.39 Å². The third kappa shape index (κ3) is 4.70. The van der Waals surface area contributed by atoms with Crippen LogP contribution in [-0.4, -0.2) is 66.0 Å². The third-order valence-corrected chi connectivity index (χ3v) is 7.01. The molecule has 2 saturated heterocycles. The quantitative estimate of drug-likeness (QED) is 0.745. The van der Waals surface area contributed by atoms with Crippen molar-refractivity contribution in [1.29, 1.82) is 0 Å². The summed E-state index contributed by atoms with van der Waals surface area (Å²) in [4.78, 5) is 34.4. The number of aromatic nitrogens is 1. The maximum Gasteiger partial charge on any atom is 0.265 e. The van der Waals surface area contributed by atoms with E-state index in [1.165, 1.54) is 23.5 Å². The van der Waals surface area contributed by atoms with Crippen molar-refractivity contribution in [3.8, 4) is 10.6 Å². The predicted octanol–water partition coefficient (Wildman–Crippen LogP) is 3.36. The fourth-order valence-electron chi connectivity index (χ4n) is 3.98. The molecule has 160 valence electrons. The van der Waals surface area contributed by atoms with Gasteiger partial charge in [0.2, 0.25) is 5.91 Å². The third-order valence-electron chi connectivity index (χ3n) is 5.81. The van der Waals surface area contributed by atoms with E-state index in [0.717, 1.165) is 23.4 Å². The SMILES string of the molecule is Cc1nc(-c2ccc(F)cc2)sc1C(=O)N1CCC(CC(=O)N2CCOCC2)CC1. The molecule has 2 aliphatic rings. The Kier molecular flexibility index (Phi) is 6.43. The molecule has 3 heterocycles. The molecule has 1 aromatic heterocycles. The fraction of sp³-hybridized carbons (Fsp3) is 0.500. The van der Waals surface area contributed by atoms with Crippen molar-refractivity contribution in [3.05, 3.63) is 40.7 Å². The monoisotopic (exact) mass is 431 g/mol. The van der Waals surface area contributed by atoms with Gasteiger partial charge in [0.25, 0.3) is 5.91 Å². The molecule has 2 fully saturated rings. The molecule has 0 spiro atoms. The zero-order chi connectivity index (χ0) is 21.1. The van der Waals surface area contributed by atoms with E-state index in [-0.39, 0.29) is 17.6 Å². The van der Waals surface area contributed by atoms with E-state index in [9.17, 15) is 14.0 Å². The van der Waals surface area contributed by atoms with E-state index in [2.05, 4.69) is 4.98 Å². The lowest BCUT2D eigenvalue weighted by Crippen LogP contribution is -2.43.